The molecule has 184 valence electrons. The van der Waals surface area contributed by atoms with Gasteiger partial charge in [0.2, 0.25) is 5.91 Å². The average molecular weight is 479 g/mol. The van der Waals surface area contributed by atoms with Crippen LogP contribution in [0, 0.1) is 5.92 Å². The molecule has 3 N–H and O–H groups in total. The summed E-state index contributed by atoms with van der Waals surface area (Å²) >= 11 is 0. The molecular weight excluding hydrogens is 448 g/mol. The first-order chi connectivity index (χ1) is 17.0. The number of hydrogen-bond acceptors (Lipinski definition) is 5. The van der Waals surface area contributed by atoms with Gasteiger partial charge in [-0.1, -0.05) is 61.4 Å². The molecule has 0 saturated heterocycles. The van der Waals surface area contributed by atoms with Crippen LogP contribution in [0.15, 0.2) is 48.5 Å². The Hall–Kier alpha value is -3.39. The Balaban J connectivity index is 1.19. The molecule has 35 heavy (non-hydrogen) atoms. The standard InChI is InChI=1S/C27H30N2O6/c30-23(29-35-24(25(31)32)17-11-12-17)15-27(13-5-6-14-27)28-26(33)34-16-22-20-9-3-1-7-18(20)19-8-2-4-10-21(19)22/h1-4,7-10,17,22,24H,5-6,11-16H2,(H,28,33)(H,29,30)(H,31,32). The second-order valence-corrected chi connectivity index (χ2v) is 9.85. The molecule has 2 aromatic rings. The number of nitrogens with one attached hydrogen (secondary N) is 2. The van der Waals surface area contributed by atoms with Gasteiger partial charge in [-0.3, -0.25) is 9.63 Å². The van der Waals surface area contributed by atoms with Crippen molar-refractivity contribution >= 4 is 18.0 Å². The van der Waals surface area contributed by atoms with E-state index in [1.54, 1.807) is 0 Å². The largest absolute Gasteiger partial charge is 0.479 e. The van der Waals surface area contributed by atoms with Gasteiger partial charge in [-0.15, -0.1) is 0 Å². The number of benzene rings is 2. The molecule has 0 aromatic heterocycles. The highest BCUT2D eigenvalue weighted by molar-refractivity contribution is 5.80. The summed E-state index contributed by atoms with van der Waals surface area (Å²) in [5.41, 5.74) is 6.16. The molecule has 2 amide bonds. The van der Waals surface area contributed by atoms with Crippen LogP contribution in [0.5, 0.6) is 0 Å². The van der Waals surface area contributed by atoms with Crippen molar-refractivity contribution in [3.8, 4) is 11.1 Å². The molecule has 3 aliphatic rings. The van der Waals surface area contributed by atoms with E-state index in [1.165, 1.54) is 0 Å². The molecule has 0 aliphatic heterocycles. The summed E-state index contributed by atoms with van der Waals surface area (Å²) in [5.74, 6) is -1.63. The Morgan fingerprint density at radius 1 is 0.971 bits per heavy atom. The Morgan fingerprint density at radius 2 is 1.57 bits per heavy atom. The summed E-state index contributed by atoms with van der Waals surface area (Å²) < 4.78 is 5.69. The van der Waals surface area contributed by atoms with Crippen molar-refractivity contribution in [2.75, 3.05) is 6.61 Å². The van der Waals surface area contributed by atoms with Crippen LogP contribution in [0.1, 0.15) is 62.0 Å². The molecule has 0 bridgehead atoms. The quantitative estimate of drug-likeness (QED) is 0.467. The number of carbonyl (C=O) groups excluding carboxylic acids is 2. The predicted octanol–water partition coefficient (Wildman–Crippen LogP) is 4.14. The third-order valence-electron chi connectivity index (χ3n) is 7.36. The molecule has 2 fully saturated rings. The highest BCUT2D eigenvalue weighted by Gasteiger charge is 2.41. The Morgan fingerprint density at radius 3 is 2.14 bits per heavy atom. The summed E-state index contributed by atoms with van der Waals surface area (Å²) in [7, 11) is 0. The molecule has 2 saturated carbocycles. The van der Waals surface area contributed by atoms with E-state index >= 15 is 0 Å². The van der Waals surface area contributed by atoms with Crippen molar-refractivity contribution in [1.29, 1.82) is 0 Å². The minimum Gasteiger partial charge on any atom is -0.479 e. The van der Waals surface area contributed by atoms with E-state index in [2.05, 4.69) is 35.1 Å². The smallest absolute Gasteiger partial charge is 0.407 e. The van der Waals surface area contributed by atoms with Crippen LogP contribution in [0.25, 0.3) is 11.1 Å². The number of carboxylic acids is 1. The zero-order chi connectivity index (χ0) is 24.4. The number of hydroxylamine groups is 1. The summed E-state index contributed by atoms with van der Waals surface area (Å²) in [6.07, 6.45) is 3.05. The SMILES string of the molecule is O=C(CC1(NC(=O)OCC2c3ccccc3-c3ccccc32)CCCC1)NOC(C(=O)O)C1CC1. The van der Waals surface area contributed by atoms with Crippen LogP contribution < -0.4 is 10.8 Å². The van der Waals surface area contributed by atoms with Gasteiger partial charge in [0.05, 0.1) is 12.0 Å². The van der Waals surface area contributed by atoms with E-state index in [-0.39, 0.29) is 24.9 Å². The van der Waals surface area contributed by atoms with E-state index in [1.807, 2.05) is 24.3 Å². The fraction of sp³-hybridized carbons (Fsp3) is 0.444. The van der Waals surface area contributed by atoms with Gasteiger partial charge in [0.15, 0.2) is 6.10 Å². The number of alkyl carbamates (subject to hydrolysis) is 1. The monoisotopic (exact) mass is 478 g/mol. The van der Waals surface area contributed by atoms with E-state index in [0.29, 0.717) is 12.8 Å². The number of rotatable bonds is 9. The maximum atomic E-state index is 12.8. The van der Waals surface area contributed by atoms with Crippen molar-refractivity contribution in [2.24, 2.45) is 5.92 Å². The van der Waals surface area contributed by atoms with E-state index in [0.717, 1.165) is 47.9 Å². The normalized spacial score (nSPS) is 18.9. The van der Waals surface area contributed by atoms with Crippen molar-refractivity contribution in [3.63, 3.8) is 0 Å². The van der Waals surface area contributed by atoms with Gasteiger partial charge in [0.1, 0.15) is 6.61 Å². The first kappa shape index (κ1) is 23.4. The van der Waals surface area contributed by atoms with Crippen LogP contribution >= 0.6 is 0 Å². The third kappa shape index (κ3) is 5.03. The number of aliphatic carboxylic acids is 1. The molecular formula is C27H30N2O6. The molecule has 3 aliphatic carbocycles. The molecule has 8 heteroatoms. The molecule has 0 spiro atoms. The number of amides is 2. The number of carboxylic acid groups (broad SMARTS) is 1. The molecule has 0 heterocycles. The highest BCUT2D eigenvalue weighted by atomic mass is 16.7. The second kappa shape index (κ2) is 9.70. The molecule has 1 atom stereocenters. The topological polar surface area (TPSA) is 114 Å². The zero-order valence-corrected chi connectivity index (χ0v) is 19.5. The lowest BCUT2D eigenvalue weighted by atomic mass is 9.93. The molecule has 2 aromatic carbocycles. The predicted molar refractivity (Wildman–Crippen MR) is 127 cm³/mol. The van der Waals surface area contributed by atoms with Crippen LogP contribution in [-0.4, -0.2) is 41.3 Å². The van der Waals surface area contributed by atoms with Gasteiger partial charge in [0.25, 0.3) is 0 Å². The van der Waals surface area contributed by atoms with Crippen LogP contribution in [0.3, 0.4) is 0 Å². The number of hydrogen-bond donors (Lipinski definition) is 3. The average Bonchev–Trinajstić information content (AvgIpc) is 3.49. The van der Waals surface area contributed by atoms with Gasteiger partial charge in [-0.05, 0) is 53.9 Å². The summed E-state index contributed by atoms with van der Waals surface area (Å²) in [6.45, 7) is 0.201. The van der Waals surface area contributed by atoms with Gasteiger partial charge in [-0.25, -0.2) is 15.1 Å². The van der Waals surface area contributed by atoms with E-state index in [4.69, 9.17) is 9.57 Å². The Bertz CT molecular complexity index is 1080. The minimum absolute atomic E-state index is 0.00814. The third-order valence-corrected chi connectivity index (χ3v) is 7.36. The first-order valence-corrected chi connectivity index (χ1v) is 12.3. The van der Waals surface area contributed by atoms with Crippen LogP contribution in [0.4, 0.5) is 4.79 Å². The van der Waals surface area contributed by atoms with E-state index in [9.17, 15) is 19.5 Å². The molecule has 5 rings (SSSR count). The van der Waals surface area contributed by atoms with Gasteiger partial charge < -0.3 is 15.2 Å². The van der Waals surface area contributed by atoms with E-state index < -0.39 is 29.6 Å². The molecule has 8 nitrogen and oxygen atoms in total. The molecule has 0 radical (unpaired) electrons. The summed E-state index contributed by atoms with van der Waals surface area (Å²) in [4.78, 5) is 41.9. The van der Waals surface area contributed by atoms with Gasteiger partial charge in [0, 0.05) is 5.92 Å². The van der Waals surface area contributed by atoms with Crippen molar-refractivity contribution in [1.82, 2.24) is 10.8 Å². The maximum Gasteiger partial charge on any atom is 0.407 e. The lowest BCUT2D eigenvalue weighted by Gasteiger charge is -2.29. The van der Waals surface area contributed by atoms with Crippen LogP contribution in [0.2, 0.25) is 0 Å². The zero-order valence-electron chi connectivity index (χ0n) is 19.5. The van der Waals surface area contributed by atoms with Crippen molar-refractivity contribution in [2.45, 2.75) is 62.5 Å². The minimum atomic E-state index is -1.08. The maximum absolute atomic E-state index is 12.8. The first-order valence-electron chi connectivity index (χ1n) is 12.3. The van der Waals surface area contributed by atoms with Crippen LogP contribution in [-0.2, 0) is 19.2 Å². The lowest BCUT2D eigenvalue weighted by molar-refractivity contribution is -0.162. The Kier molecular flexibility index (Phi) is 6.47. The highest BCUT2D eigenvalue weighted by Crippen LogP contribution is 2.44. The number of fused-ring (bicyclic) bond motifs is 3. The second-order valence-electron chi connectivity index (χ2n) is 9.85. The summed E-state index contributed by atoms with van der Waals surface area (Å²) in [6, 6.07) is 16.3. The fourth-order valence-corrected chi connectivity index (χ4v) is 5.47. The van der Waals surface area contributed by atoms with Gasteiger partial charge in [-0.2, -0.15) is 0 Å². The van der Waals surface area contributed by atoms with Crippen molar-refractivity contribution in [3.05, 3.63) is 59.7 Å². The fourth-order valence-electron chi connectivity index (χ4n) is 5.47. The summed E-state index contributed by atoms with van der Waals surface area (Å²) in [5, 5.41) is 12.2. The Labute approximate surface area is 204 Å². The number of ether oxygens (including phenoxy) is 1. The van der Waals surface area contributed by atoms with Gasteiger partial charge >= 0.3 is 12.1 Å². The van der Waals surface area contributed by atoms with Crippen molar-refractivity contribution < 1.29 is 29.1 Å². The number of carbonyl (C=O) groups is 3. The lowest BCUT2D eigenvalue weighted by Crippen LogP contribution is -2.50. The molecule has 1 unspecified atom stereocenters.